The van der Waals surface area contributed by atoms with Crippen LogP contribution in [-0.2, 0) is 6.54 Å². The Kier molecular flexibility index (Phi) is 7.29. The van der Waals surface area contributed by atoms with Crippen molar-refractivity contribution in [3.63, 3.8) is 0 Å². The van der Waals surface area contributed by atoms with Crippen molar-refractivity contribution >= 4 is 11.9 Å². The van der Waals surface area contributed by atoms with E-state index >= 15 is 0 Å². The Hall–Kier alpha value is -3.46. The lowest BCUT2D eigenvalue weighted by molar-refractivity contribution is 0.259. The van der Waals surface area contributed by atoms with Crippen LogP contribution >= 0.6 is 0 Å². The van der Waals surface area contributed by atoms with Gasteiger partial charge in [0.15, 0.2) is 5.96 Å². The zero-order valence-electron chi connectivity index (χ0n) is 18.8. The van der Waals surface area contributed by atoms with E-state index in [4.69, 9.17) is 0 Å². The van der Waals surface area contributed by atoms with Gasteiger partial charge in [0.25, 0.3) is 0 Å². The van der Waals surface area contributed by atoms with Crippen LogP contribution in [0.5, 0.6) is 0 Å². The molecular formula is C23H31N9. The fourth-order valence-corrected chi connectivity index (χ4v) is 3.84. The van der Waals surface area contributed by atoms with Crippen LogP contribution in [0.15, 0.2) is 60.0 Å². The van der Waals surface area contributed by atoms with Gasteiger partial charge >= 0.3 is 0 Å². The average molecular weight is 434 g/mol. The lowest BCUT2D eigenvalue weighted by atomic mass is 10.2. The molecule has 1 aliphatic heterocycles. The number of benzene rings is 1. The van der Waals surface area contributed by atoms with Crippen molar-refractivity contribution in [2.24, 2.45) is 4.99 Å². The van der Waals surface area contributed by atoms with E-state index in [0.29, 0.717) is 6.54 Å². The maximum atomic E-state index is 4.53. The molecule has 168 valence electrons. The SMILES string of the molecule is CN=C(NCCN1CCN(c2ncccn2)CC1)N(C)Cc1ncc(-c2ccccc2)[nH]1. The van der Waals surface area contributed by atoms with Gasteiger partial charge in [-0.1, -0.05) is 30.3 Å². The van der Waals surface area contributed by atoms with Gasteiger partial charge in [-0.15, -0.1) is 0 Å². The first kappa shape index (κ1) is 21.8. The second-order valence-electron chi connectivity index (χ2n) is 7.82. The number of aromatic nitrogens is 4. The van der Waals surface area contributed by atoms with Crippen molar-refractivity contribution in [1.82, 2.24) is 35.1 Å². The molecule has 3 aromatic rings. The normalized spacial score (nSPS) is 15.1. The van der Waals surface area contributed by atoms with Gasteiger partial charge in [0, 0.05) is 65.8 Å². The van der Waals surface area contributed by atoms with Gasteiger partial charge in [-0.05, 0) is 11.6 Å². The van der Waals surface area contributed by atoms with E-state index in [1.54, 1.807) is 12.4 Å². The lowest BCUT2D eigenvalue weighted by Gasteiger charge is -2.34. The molecule has 9 heteroatoms. The van der Waals surface area contributed by atoms with Crippen molar-refractivity contribution in [3.8, 4) is 11.3 Å². The highest BCUT2D eigenvalue weighted by atomic mass is 15.3. The molecule has 9 nitrogen and oxygen atoms in total. The number of anilines is 1. The maximum absolute atomic E-state index is 4.53. The molecule has 1 fully saturated rings. The number of H-pyrrole nitrogens is 1. The van der Waals surface area contributed by atoms with Crippen LogP contribution in [0.2, 0.25) is 0 Å². The van der Waals surface area contributed by atoms with E-state index in [9.17, 15) is 0 Å². The Morgan fingerprint density at radius 3 is 2.53 bits per heavy atom. The molecule has 0 radical (unpaired) electrons. The number of hydrogen-bond acceptors (Lipinski definition) is 6. The largest absolute Gasteiger partial charge is 0.355 e. The number of rotatable bonds is 7. The zero-order valence-corrected chi connectivity index (χ0v) is 18.8. The van der Waals surface area contributed by atoms with E-state index in [2.05, 4.69) is 57.1 Å². The summed E-state index contributed by atoms with van der Waals surface area (Å²) in [5.74, 6) is 2.59. The fourth-order valence-electron chi connectivity index (χ4n) is 3.84. The molecule has 3 heterocycles. The molecular weight excluding hydrogens is 402 g/mol. The van der Waals surface area contributed by atoms with Gasteiger partial charge in [0.1, 0.15) is 5.82 Å². The first-order valence-corrected chi connectivity index (χ1v) is 11.0. The summed E-state index contributed by atoms with van der Waals surface area (Å²) in [4.78, 5) is 27.8. The molecule has 1 saturated heterocycles. The van der Waals surface area contributed by atoms with Crippen LogP contribution in [0.4, 0.5) is 5.95 Å². The summed E-state index contributed by atoms with van der Waals surface area (Å²) in [6.07, 6.45) is 5.48. The Balaban J connectivity index is 1.21. The Morgan fingerprint density at radius 2 is 1.81 bits per heavy atom. The summed E-state index contributed by atoms with van der Waals surface area (Å²) >= 11 is 0. The third-order valence-corrected chi connectivity index (χ3v) is 5.59. The minimum atomic E-state index is 0.655. The molecule has 2 aromatic heterocycles. The lowest BCUT2D eigenvalue weighted by Crippen LogP contribution is -2.49. The van der Waals surface area contributed by atoms with E-state index in [1.165, 1.54) is 0 Å². The number of nitrogens with one attached hydrogen (secondary N) is 2. The molecule has 0 bridgehead atoms. The minimum absolute atomic E-state index is 0.655. The van der Waals surface area contributed by atoms with Crippen LogP contribution < -0.4 is 10.2 Å². The molecule has 0 spiro atoms. The first-order chi connectivity index (χ1) is 15.7. The number of aliphatic imine (C=N–C) groups is 1. The highest BCUT2D eigenvalue weighted by Gasteiger charge is 2.18. The van der Waals surface area contributed by atoms with Gasteiger partial charge in [-0.2, -0.15) is 0 Å². The Labute approximate surface area is 189 Å². The van der Waals surface area contributed by atoms with Gasteiger partial charge in [0.05, 0.1) is 18.4 Å². The van der Waals surface area contributed by atoms with Gasteiger partial charge < -0.3 is 20.1 Å². The van der Waals surface area contributed by atoms with Crippen LogP contribution in [0, 0.1) is 0 Å². The third kappa shape index (κ3) is 5.61. The van der Waals surface area contributed by atoms with E-state index in [1.807, 2.05) is 44.6 Å². The molecule has 0 unspecified atom stereocenters. The highest BCUT2D eigenvalue weighted by molar-refractivity contribution is 5.79. The van der Waals surface area contributed by atoms with Crippen molar-refractivity contribution < 1.29 is 0 Å². The topological polar surface area (TPSA) is 88.6 Å². The summed E-state index contributed by atoms with van der Waals surface area (Å²) in [5.41, 5.74) is 2.16. The van der Waals surface area contributed by atoms with Crippen molar-refractivity contribution in [1.29, 1.82) is 0 Å². The molecule has 0 aliphatic carbocycles. The zero-order chi connectivity index (χ0) is 22.2. The average Bonchev–Trinajstić information content (AvgIpc) is 3.32. The van der Waals surface area contributed by atoms with Crippen LogP contribution in [0.1, 0.15) is 5.82 Å². The number of aromatic amines is 1. The summed E-state index contributed by atoms with van der Waals surface area (Å²) in [5, 5.41) is 3.47. The quantitative estimate of drug-likeness (QED) is 0.433. The van der Waals surface area contributed by atoms with Gasteiger partial charge in [-0.25, -0.2) is 15.0 Å². The van der Waals surface area contributed by atoms with E-state index < -0.39 is 0 Å². The minimum Gasteiger partial charge on any atom is -0.355 e. The monoisotopic (exact) mass is 433 g/mol. The van der Waals surface area contributed by atoms with Gasteiger partial charge in [-0.3, -0.25) is 9.89 Å². The maximum Gasteiger partial charge on any atom is 0.225 e. The van der Waals surface area contributed by atoms with Crippen molar-refractivity contribution in [3.05, 3.63) is 60.8 Å². The van der Waals surface area contributed by atoms with Crippen LogP contribution in [0.3, 0.4) is 0 Å². The molecule has 32 heavy (non-hydrogen) atoms. The number of piperazine rings is 1. The van der Waals surface area contributed by atoms with Crippen molar-refractivity contribution in [2.75, 3.05) is 58.3 Å². The summed E-state index contributed by atoms with van der Waals surface area (Å²) in [6, 6.07) is 12.1. The Morgan fingerprint density at radius 1 is 1.06 bits per heavy atom. The van der Waals surface area contributed by atoms with E-state index in [-0.39, 0.29) is 0 Å². The molecule has 1 aromatic carbocycles. The Bertz CT molecular complexity index is 979. The molecule has 0 saturated carbocycles. The van der Waals surface area contributed by atoms with Crippen LogP contribution in [0.25, 0.3) is 11.3 Å². The van der Waals surface area contributed by atoms with E-state index in [0.717, 1.165) is 68.3 Å². The second kappa shape index (κ2) is 10.7. The number of imidazole rings is 1. The van der Waals surface area contributed by atoms with Gasteiger partial charge in [0.2, 0.25) is 5.95 Å². The summed E-state index contributed by atoms with van der Waals surface area (Å²) in [6.45, 7) is 6.36. The predicted octanol–water partition coefficient (Wildman–Crippen LogP) is 1.70. The first-order valence-electron chi connectivity index (χ1n) is 11.0. The third-order valence-electron chi connectivity index (χ3n) is 5.59. The summed E-state index contributed by atoms with van der Waals surface area (Å²) in [7, 11) is 3.84. The van der Waals surface area contributed by atoms with Crippen LogP contribution in [-0.4, -0.2) is 89.1 Å². The standard InChI is InChI=1S/C23H31N9/c1-24-22(30(2)18-21-28-17-20(29-21)19-7-4-3-5-8-19)27-11-12-31-13-15-32(16-14-31)23-25-9-6-10-26-23/h3-10,17H,11-16,18H2,1-2H3,(H,24,27)(H,28,29). The number of hydrogen-bond donors (Lipinski definition) is 2. The molecule has 0 amide bonds. The molecule has 0 atom stereocenters. The smallest absolute Gasteiger partial charge is 0.225 e. The number of guanidine groups is 1. The molecule has 2 N–H and O–H groups in total. The predicted molar refractivity (Wildman–Crippen MR) is 128 cm³/mol. The fraction of sp³-hybridized carbons (Fsp3) is 0.391. The highest BCUT2D eigenvalue weighted by Crippen LogP contribution is 2.16. The molecule has 1 aliphatic rings. The molecule has 4 rings (SSSR count). The second-order valence-corrected chi connectivity index (χ2v) is 7.82. The number of nitrogens with zero attached hydrogens (tertiary/aromatic N) is 7. The van der Waals surface area contributed by atoms with Crippen molar-refractivity contribution in [2.45, 2.75) is 6.54 Å². The summed E-state index contributed by atoms with van der Waals surface area (Å²) < 4.78 is 0.